The maximum Gasteiger partial charge on any atom is 0.245 e. The molecule has 2 aliphatic heterocycles. The van der Waals surface area contributed by atoms with Crippen molar-refractivity contribution in [3.8, 4) is 11.5 Å². The second-order valence-electron chi connectivity index (χ2n) is 6.46. The Morgan fingerprint density at radius 2 is 1.77 bits per heavy atom. The van der Waals surface area contributed by atoms with E-state index in [1.165, 1.54) is 0 Å². The fraction of sp³-hybridized carbons (Fsp3) is 0.368. The molecule has 1 saturated heterocycles. The number of rotatable bonds is 3. The molecule has 138 valence electrons. The van der Waals surface area contributed by atoms with E-state index in [-0.39, 0.29) is 16.0 Å². The molecule has 0 radical (unpaired) electrons. The highest BCUT2D eigenvalue weighted by Crippen LogP contribution is 2.41. The van der Waals surface area contributed by atoms with E-state index >= 15 is 0 Å². The standard InChI is InChI=1S/C19H20ClNO4S/c20-15-5-1-2-7-19(15)26(22,23)21-10-3-6-16(21)14-8-9-17-18(13-14)25-12-4-11-24-17/h1-2,5,7-9,13,16H,3-4,6,10-12H2/t16-/m0/s1. The van der Waals surface area contributed by atoms with Gasteiger partial charge in [0.1, 0.15) is 4.90 Å². The molecule has 0 amide bonds. The van der Waals surface area contributed by atoms with E-state index in [9.17, 15) is 8.42 Å². The van der Waals surface area contributed by atoms with Gasteiger partial charge in [-0.25, -0.2) is 8.42 Å². The van der Waals surface area contributed by atoms with E-state index in [0.717, 1.165) is 24.8 Å². The van der Waals surface area contributed by atoms with Gasteiger partial charge in [-0.05, 0) is 42.7 Å². The van der Waals surface area contributed by atoms with Gasteiger partial charge in [0.25, 0.3) is 0 Å². The van der Waals surface area contributed by atoms with Gasteiger partial charge >= 0.3 is 0 Å². The second kappa shape index (κ2) is 7.10. The lowest BCUT2D eigenvalue weighted by Gasteiger charge is -2.25. The number of sulfonamides is 1. The van der Waals surface area contributed by atoms with Crippen LogP contribution in [-0.4, -0.2) is 32.5 Å². The highest BCUT2D eigenvalue weighted by atomic mass is 35.5. The predicted octanol–water partition coefficient (Wildman–Crippen LogP) is 4.03. The molecule has 0 bridgehead atoms. The summed E-state index contributed by atoms with van der Waals surface area (Å²) in [5.74, 6) is 1.40. The summed E-state index contributed by atoms with van der Waals surface area (Å²) in [4.78, 5) is 0.155. The Balaban J connectivity index is 1.69. The molecule has 7 heteroatoms. The maximum atomic E-state index is 13.2. The van der Waals surface area contributed by atoms with E-state index in [1.54, 1.807) is 28.6 Å². The molecular formula is C19H20ClNO4S. The molecule has 0 spiro atoms. The number of fused-ring (bicyclic) bond motifs is 1. The Labute approximate surface area is 158 Å². The smallest absolute Gasteiger partial charge is 0.245 e. The Morgan fingerprint density at radius 1 is 1.00 bits per heavy atom. The first kappa shape index (κ1) is 17.6. The van der Waals surface area contributed by atoms with Gasteiger partial charge in [-0.1, -0.05) is 29.8 Å². The predicted molar refractivity (Wildman–Crippen MR) is 99.4 cm³/mol. The topological polar surface area (TPSA) is 55.8 Å². The van der Waals surface area contributed by atoms with Crippen molar-refractivity contribution >= 4 is 21.6 Å². The van der Waals surface area contributed by atoms with Crippen molar-refractivity contribution in [3.05, 3.63) is 53.1 Å². The van der Waals surface area contributed by atoms with Crippen LogP contribution in [-0.2, 0) is 10.0 Å². The van der Waals surface area contributed by atoms with Crippen LogP contribution in [0.1, 0.15) is 30.9 Å². The largest absolute Gasteiger partial charge is 0.490 e. The number of ether oxygens (including phenoxy) is 2. The van der Waals surface area contributed by atoms with E-state index < -0.39 is 10.0 Å². The molecular weight excluding hydrogens is 374 g/mol. The quantitative estimate of drug-likeness (QED) is 0.790. The highest BCUT2D eigenvalue weighted by Gasteiger charge is 2.37. The van der Waals surface area contributed by atoms with Gasteiger partial charge in [-0.2, -0.15) is 4.31 Å². The first-order valence-corrected chi connectivity index (χ1v) is 10.5. The highest BCUT2D eigenvalue weighted by molar-refractivity contribution is 7.89. The number of hydrogen-bond acceptors (Lipinski definition) is 4. The maximum absolute atomic E-state index is 13.2. The molecule has 1 atom stereocenters. The van der Waals surface area contributed by atoms with Crippen LogP contribution in [0.25, 0.3) is 0 Å². The lowest BCUT2D eigenvalue weighted by molar-refractivity contribution is 0.296. The summed E-state index contributed by atoms with van der Waals surface area (Å²) in [5.41, 5.74) is 0.919. The van der Waals surface area contributed by atoms with E-state index in [1.807, 2.05) is 18.2 Å². The van der Waals surface area contributed by atoms with Crippen LogP contribution in [0.15, 0.2) is 47.4 Å². The molecule has 2 aromatic carbocycles. The zero-order chi connectivity index (χ0) is 18.1. The molecule has 0 saturated carbocycles. The SMILES string of the molecule is O=S(=O)(c1ccccc1Cl)N1CCC[C@H]1c1ccc2c(c1)OCCCO2. The van der Waals surface area contributed by atoms with Crippen LogP contribution >= 0.6 is 11.6 Å². The third-order valence-corrected chi connectivity index (χ3v) is 7.19. The van der Waals surface area contributed by atoms with Crippen molar-refractivity contribution in [1.29, 1.82) is 0 Å². The van der Waals surface area contributed by atoms with Gasteiger partial charge in [0, 0.05) is 13.0 Å². The number of benzene rings is 2. The lowest BCUT2D eigenvalue weighted by Crippen LogP contribution is -2.30. The monoisotopic (exact) mass is 393 g/mol. The van der Waals surface area contributed by atoms with Crippen molar-refractivity contribution in [2.75, 3.05) is 19.8 Å². The Bertz CT molecular complexity index is 916. The Morgan fingerprint density at radius 3 is 2.58 bits per heavy atom. The average Bonchev–Trinajstić information content (AvgIpc) is 3.02. The first-order valence-electron chi connectivity index (χ1n) is 8.73. The number of nitrogens with zero attached hydrogens (tertiary/aromatic N) is 1. The summed E-state index contributed by atoms with van der Waals surface area (Å²) in [6.45, 7) is 1.71. The van der Waals surface area contributed by atoms with Crippen molar-refractivity contribution in [1.82, 2.24) is 4.31 Å². The van der Waals surface area contributed by atoms with Gasteiger partial charge in [-0.15, -0.1) is 0 Å². The van der Waals surface area contributed by atoms with Gasteiger partial charge in [-0.3, -0.25) is 0 Å². The molecule has 4 rings (SSSR count). The molecule has 26 heavy (non-hydrogen) atoms. The third-order valence-electron chi connectivity index (χ3n) is 4.78. The summed E-state index contributed by atoms with van der Waals surface area (Å²) in [5, 5.41) is 0.247. The van der Waals surface area contributed by atoms with Crippen LogP contribution in [0.2, 0.25) is 5.02 Å². The first-order chi connectivity index (χ1) is 12.6. The van der Waals surface area contributed by atoms with Gasteiger partial charge in [0.05, 0.1) is 24.3 Å². The van der Waals surface area contributed by atoms with Crippen LogP contribution < -0.4 is 9.47 Å². The van der Waals surface area contributed by atoms with Crippen molar-refractivity contribution in [3.63, 3.8) is 0 Å². The normalized spacial score (nSPS) is 20.7. The fourth-order valence-electron chi connectivity index (χ4n) is 3.53. The van der Waals surface area contributed by atoms with E-state index in [0.29, 0.717) is 31.3 Å². The second-order valence-corrected chi connectivity index (χ2v) is 8.73. The fourth-order valence-corrected chi connectivity index (χ4v) is 5.71. The molecule has 0 aromatic heterocycles. The van der Waals surface area contributed by atoms with Crippen molar-refractivity contribution in [2.45, 2.75) is 30.2 Å². The van der Waals surface area contributed by atoms with Crippen LogP contribution in [0, 0.1) is 0 Å². The zero-order valence-corrected chi connectivity index (χ0v) is 15.8. The Kier molecular flexibility index (Phi) is 4.82. The minimum atomic E-state index is -3.67. The lowest BCUT2D eigenvalue weighted by atomic mass is 10.0. The molecule has 2 aromatic rings. The Hall–Kier alpha value is -1.76. The van der Waals surface area contributed by atoms with E-state index in [2.05, 4.69) is 0 Å². The third kappa shape index (κ3) is 3.17. The number of halogens is 1. The molecule has 0 N–H and O–H groups in total. The van der Waals surface area contributed by atoms with Gasteiger partial charge in [0.2, 0.25) is 10.0 Å². The van der Waals surface area contributed by atoms with Crippen LogP contribution in [0.4, 0.5) is 0 Å². The minimum absolute atomic E-state index is 0.155. The summed E-state index contributed by atoms with van der Waals surface area (Å²) < 4.78 is 39.3. The minimum Gasteiger partial charge on any atom is -0.490 e. The zero-order valence-electron chi connectivity index (χ0n) is 14.2. The van der Waals surface area contributed by atoms with Crippen LogP contribution in [0.3, 0.4) is 0 Å². The molecule has 0 unspecified atom stereocenters. The van der Waals surface area contributed by atoms with Gasteiger partial charge < -0.3 is 9.47 Å². The van der Waals surface area contributed by atoms with Gasteiger partial charge in [0.15, 0.2) is 11.5 Å². The van der Waals surface area contributed by atoms with Crippen molar-refractivity contribution < 1.29 is 17.9 Å². The van der Waals surface area contributed by atoms with Crippen LogP contribution in [0.5, 0.6) is 11.5 Å². The van der Waals surface area contributed by atoms with Crippen molar-refractivity contribution in [2.24, 2.45) is 0 Å². The molecule has 5 nitrogen and oxygen atoms in total. The molecule has 1 fully saturated rings. The molecule has 2 aliphatic rings. The average molecular weight is 394 g/mol. The molecule has 2 heterocycles. The summed E-state index contributed by atoms with van der Waals surface area (Å²) in [7, 11) is -3.67. The summed E-state index contributed by atoms with van der Waals surface area (Å²) >= 11 is 6.15. The summed E-state index contributed by atoms with van der Waals surface area (Å²) in [6.07, 6.45) is 2.41. The number of hydrogen-bond donors (Lipinski definition) is 0. The van der Waals surface area contributed by atoms with E-state index in [4.69, 9.17) is 21.1 Å². The summed E-state index contributed by atoms with van der Waals surface area (Å²) in [6, 6.07) is 12.1. The molecule has 0 aliphatic carbocycles.